The lowest BCUT2D eigenvalue weighted by atomic mass is 9.97. The second-order valence-corrected chi connectivity index (χ2v) is 4.57. The van der Waals surface area contributed by atoms with Gasteiger partial charge in [-0.15, -0.1) is 0 Å². The summed E-state index contributed by atoms with van der Waals surface area (Å²) in [6, 6.07) is 10.4. The lowest BCUT2D eigenvalue weighted by Crippen LogP contribution is -2.41. The monoisotopic (exact) mass is 205 g/mol. The van der Waals surface area contributed by atoms with E-state index in [0.29, 0.717) is 5.92 Å². The molecule has 15 heavy (non-hydrogen) atoms. The van der Waals surface area contributed by atoms with Crippen molar-refractivity contribution in [3.8, 4) is 0 Å². The van der Waals surface area contributed by atoms with Crippen LogP contribution < -0.4 is 0 Å². The lowest BCUT2D eigenvalue weighted by molar-refractivity contribution is -0.0446. The Kier molecular flexibility index (Phi) is 3.39. The molecule has 1 aromatic rings. The largest absolute Gasteiger partial charge is 0.378 e. The Labute approximate surface area is 91.5 Å². The molecule has 2 heteroatoms. The van der Waals surface area contributed by atoms with Crippen molar-refractivity contribution in [2.75, 3.05) is 6.54 Å². The first-order valence-corrected chi connectivity index (χ1v) is 5.72. The molecular weight excluding hydrogens is 186 g/mol. The molecule has 2 atom stereocenters. The lowest BCUT2D eigenvalue weighted by Gasteiger charge is -2.35. The van der Waals surface area contributed by atoms with Gasteiger partial charge in [-0.3, -0.25) is 4.90 Å². The van der Waals surface area contributed by atoms with Crippen LogP contribution in [0.5, 0.6) is 0 Å². The van der Waals surface area contributed by atoms with Crippen molar-refractivity contribution in [3.63, 3.8) is 0 Å². The third-order valence-electron chi connectivity index (χ3n) is 3.17. The molecule has 1 aliphatic heterocycles. The van der Waals surface area contributed by atoms with Crippen LogP contribution in [0.3, 0.4) is 0 Å². The number of aliphatic hydroxyl groups is 1. The molecule has 0 amide bonds. The first kappa shape index (κ1) is 10.7. The van der Waals surface area contributed by atoms with Crippen molar-refractivity contribution in [3.05, 3.63) is 35.9 Å². The van der Waals surface area contributed by atoms with Gasteiger partial charge in [-0.25, -0.2) is 0 Å². The number of rotatable bonds is 2. The Hall–Kier alpha value is -0.860. The molecule has 0 radical (unpaired) electrons. The van der Waals surface area contributed by atoms with Crippen LogP contribution in [0.2, 0.25) is 0 Å². The Morgan fingerprint density at radius 2 is 2.07 bits per heavy atom. The summed E-state index contributed by atoms with van der Waals surface area (Å²) in [6.07, 6.45) is 1.85. The van der Waals surface area contributed by atoms with Crippen LogP contribution in [0.1, 0.15) is 25.3 Å². The molecule has 1 aromatic carbocycles. The summed E-state index contributed by atoms with van der Waals surface area (Å²) in [4.78, 5) is 2.16. The minimum absolute atomic E-state index is 0.256. The summed E-state index contributed by atoms with van der Waals surface area (Å²) in [5.74, 6) is 0.659. The summed E-state index contributed by atoms with van der Waals surface area (Å²) in [7, 11) is 0. The van der Waals surface area contributed by atoms with Crippen LogP contribution in [0, 0.1) is 5.92 Å². The van der Waals surface area contributed by atoms with Gasteiger partial charge < -0.3 is 5.11 Å². The van der Waals surface area contributed by atoms with Gasteiger partial charge in [0.2, 0.25) is 0 Å². The van der Waals surface area contributed by atoms with Gasteiger partial charge in [0.25, 0.3) is 0 Å². The van der Waals surface area contributed by atoms with Crippen LogP contribution in [0.25, 0.3) is 0 Å². The van der Waals surface area contributed by atoms with Crippen LogP contribution >= 0.6 is 0 Å². The fourth-order valence-electron chi connectivity index (χ4n) is 2.16. The first-order valence-electron chi connectivity index (χ1n) is 5.72. The third kappa shape index (κ3) is 2.80. The van der Waals surface area contributed by atoms with Gasteiger partial charge in [-0.05, 0) is 24.3 Å². The van der Waals surface area contributed by atoms with Crippen molar-refractivity contribution >= 4 is 0 Å². The highest BCUT2D eigenvalue weighted by Crippen LogP contribution is 2.22. The minimum atomic E-state index is -0.256. The molecule has 0 aliphatic carbocycles. The van der Waals surface area contributed by atoms with Gasteiger partial charge in [0.15, 0.2) is 0 Å². The average molecular weight is 205 g/mol. The zero-order valence-electron chi connectivity index (χ0n) is 9.26. The molecule has 0 spiro atoms. The van der Waals surface area contributed by atoms with Gasteiger partial charge in [-0.1, -0.05) is 37.3 Å². The van der Waals surface area contributed by atoms with E-state index in [4.69, 9.17) is 0 Å². The van der Waals surface area contributed by atoms with Crippen LogP contribution in [-0.4, -0.2) is 22.8 Å². The Bertz CT molecular complexity index is 299. The van der Waals surface area contributed by atoms with E-state index in [9.17, 15) is 5.11 Å². The Balaban J connectivity index is 1.95. The highest BCUT2D eigenvalue weighted by molar-refractivity contribution is 5.14. The van der Waals surface area contributed by atoms with Gasteiger partial charge in [0, 0.05) is 13.1 Å². The number of benzene rings is 1. The van der Waals surface area contributed by atoms with Gasteiger partial charge >= 0.3 is 0 Å². The zero-order valence-corrected chi connectivity index (χ0v) is 9.26. The predicted molar refractivity (Wildman–Crippen MR) is 61.3 cm³/mol. The molecule has 2 nitrogen and oxygen atoms in total. The molecule has 1 heterocycles. The van der Waals surface area contributed by atoms with E-state index in [-0.39, 0.29) is 6.23 Å². The van der Waals surface area contributed by atoms with Crippen LogP contribution in [0.4, 0.5) is 0 Å². The molecule has 1 saturated heterocycles. The van der Waals surface area contributed by atoms with E-state index in [1.165, 1.54) is 12.0 Å². The number of nitrogens with zero attached hydrogens (tertiary/aromatic N) is 1. The van der Waals surface area contributed by atoms with Crippen molar-refractivity contribution in [1.29, 1.82) is 0 Å². The second kappa shape index (κ2) is 4.77. The molecule has 1 N–H and O–H groups in total. The maximum atomic E-state index is 9.93. The predicted octanol–water partition coefficient (Wildman–Crippen LogP) is 2.24. The van der Waals surface area contributed by atoms with Gasteiger partial charge in [-0.2, -0.15) is 0 Å². The minimum Gasteiger partial charge on any atom is -0.378 e. The van der Waals surface area contributed by atoms with E-state index in [1.54, 1.807) is 0 Å². The van der Waals surface area contributed by atoms with Crippen LogP contribution in [-0.2, 0) is 6.54 Å². The number of aliphatic hydroxyl groups excluding tert-OH is 1. The van der Waals surface area contributed by atoms with E-state index in [1.807, 2.05) is 18.2 Å². The topological polar surface area (TPSA) is 23.5 Å². The van der Waals surface area contributed by atoms with Crippen molar-refractivity contribution in [2.24, 2.45) is 5.92 Å². The Morgan fingerprint density at radius 1 is 1.33 bits per heavy atom. The van der Waals surface area contributed by atoms with E-state index >= 15 is 0 Å². The molecule has 82 valence electrons. The summed E-state index contributed by atoms with van der Waals surface area (Å²) in [6.45, 7) is 4.09. The number of piperidine rings is 1. The molecule has 0 aromatic heterocycles. The van der Waals surface area contributed by atoms with E-state index in [0.717, 1.165) is 19.5 Å². The van der Waals surface area contributed by atoms with Crippen molar-refractivity contribution in [2.45, 2.75) is 32.5 Å². The van der Waals surface area contributed by atoms with Gasteiger partial charge in [0.05, 0.1) is 0 Å². The zero-order chi connectivity index (χ0) is 10.7. The highest BCUT2D eigenvalue weighted by atomic mass is 16.3. The average Bonchev–Trinajstić information content (AvgIpc) is 2.24. The van der Waals surface area contributed by atoms with Crippen molar-refractivity contribution in [1.82, 2.24) is 4.90 Å². The maximum Gasteiger partial charge on any atom is 0.107 e. The fourth-order valence-corrected chi connectivity index (χ4v) is 2.16. The highest BCUT2D eigenvalue weighted by Gasteiger charge is 2.23. The third-order valence-corrected chi connectivity index (χ3v) is 3.17. The molecule has 1 fully saturated rings. The van der Waals surface area contributed by atoms with E-state index in [2.05, 4.69) is 24.0 Å². The van der Waals surface area contributed by atoms with Gasteiger partial charge in [0.1, 0.15) is 6.23 Å². The first-order chi connectivity index (χ1) is 7.25. The molecule has 2 rings (SSSR count). The smallest absolute Gasteiger partial charge is 0.107 e. The summed E-state index contributed by atoms with van der Waals surface area (Å²) < 4.78 is 0. The normalized spacial score (nSPS) is 27.9. The molecular formula is C13H19NO. The molecule has 0 bridgehead atoms. The molecule has 0 saturated carbocycles. The SMILES string of the molecule is CC1CCN(Cc2ccccc2)C(O)C1. The summed E-state index contributed by atoms with van der Waals surface area (Å²) >= 11 is 0. The summed E-state index contributed by atoms with van der Waals surface area (Å²) in [5.41, 5.74) is 1.28. The van der Waals surface area contributed by atoms with Crippen LogP contribution in [0.15, 0.2) is 30.3 Å². The fraction of sp³-hybridized carbons (Fsp3) is 0.538. The molecule has 1 aliphatic rings. The van der Waals surface area contributed by atoms with E-state index < -0.39 is 0 Å². The summed E-state index contributed by atoms with van der Waals surface area (Å²) in [5, 5.41) is 9.93. The maximum absolute atomic E-state index is 9.93. The standard InChI is InChI=1S/C13H19NO/c1-11-7-8-14(13(15)9-11)10-12-5-3-2-4-6-12/h2-6,11,13,15H,7-10H2,1H3. The second-order valence-electron chi connectivity index (χ2n) is 4.57. The number of hydrogen-bond acceptors (Lipinski definition) is 2. The number of likely N-dealkylation sites (tertiary alicyclic amines) is 1. The quantitative estimate of drug-likeness (QED) is 0.800. The Morgan fingerprint density at radius 3 is 2.73 bits per heavy atom. The molecule has 2 unspecified atom stereocenters. The van der Waals surface area contributed by atoms with Crippen molar-refractivity contribution < 1.29 is 5.11 Å². The number of hydrogen-bond donors (Lipinski definition) is 1.